The Kier molecular flexibility index (Phi) is 4.09. The van der Waals surface area contributed by atoms with Gasteiger partial charge >= 0.3 is 0 Å². The summed E-state index contributed by atoms with van der Waals surface area (Å²) in [6.07, 6.45) is 2.00. The number of carbonyl (C=O) groups excluding carboxylic acids is 1. The van der Waals surface area contributed by atoms with Gasteiger partial charge in [0.25, 0.3) is 5.91 Å². The highest BCUT2D eigenvalue weighted by Gasteiger charge is 2.20. The smallest absolute Gasteiger partial charge is 0.253 e. The Labute approximate surface area is 111 Å². The zero-order valence-corrected chi connectivity index (χ0v) is 11.0. The normalized spacial score (nSPS) is 23.7. The van der Waals surface area contributed by atoms with Gasteiger partial charge in [0.1, 0.15) is 5.75 Å². The maximum absolute atomic E-state index is 12.0. The number of hydrogen-bond donors (Lipinski definition) is 3. The standard InChI is InChI=1S/C13H17ClN2O2/c1-8-2-3-9(7-15-8)16-13(18)11-6-10(17)4-5-12(11)14/h4-6,8-9,15,17H,2-3,7H2,1H3,(H,16,18). The van der Waals surface area contributed by atoms with Crippen LogP contribution < -0.4 is 10.6 Å². The molecule has 18 heavy (non-hydrogen) atoms. The van der Waals surface area contributed by atoms with E-state index in [2.05, 4.69) is 17.6 Å². The van der Waals surface area contributed by atoms with Crippen molar-refractivity contribution in [3.63, 3.8) is 0 Å². The second kappa shape index (κ2) is 5.59. The van der Waals surface area contributed by atoms with E-state index in [-0.39, 0.29) is 17.7 Å². The van der Waals surface area contributed by atoms with Crippen molar-refractivity contribution in [3.05, 3.63) is 28.8 Å². The van der Waals surface area contributed by atoms with E-state index in [1.54, 1.807) is 0 Å². The first-order valence-corrected chi connectivity index (χ1v) is 6.47. The largest absolute Gasteiger partial charge is 0.508 e. The van der Waals surface area contributed by atoms with Crippen molar-refractivity contribution < 1.29 is 9.90 Å². The molecule has 1 aliphatic heterocycles. The maximum Gasteiger partial charge on any atom is 0.253 e. The zero-order valence-electron chi connectivity index (χ0n) is 10.2. The molecule has 0 aromatic heterocycles. The van der Waals surface area contributed by atoms with E-state index in [0.29, 0.717) is 16.6 Å². The topological polar surface area (TPSA) is 61.4 Å². The monoisotopic (exact) mass is 268 g/mol. The van der Waals surface area contributed by atoms with Crippen LogP contribution in [0.25, 0.3) is 0 Å². The molecule has 2 atom stereocenters. The molecule has 2 rings (SSSR count). The fourth-order valence-electron chi connectivity index (χ4n) is 2.07. The second-order valence-corrected chi connectivity index (χ2v) is 5.13. The molecule has 0 saturated carbocycles. The molecule has 1 saturated heterocycles. The summed E-state index contributed by atoms with van der Waals surface area (Å²) in [6, 6.07) is 4.99. The molecule has 1 heterocycles. The molecule has 5 heteroatoms. The van der Waals surface area contributed by atoms with Crippen LogP contribution in [0.2, 0.25) is 5.02 Å². The SMILES string of the molecule is CC1CCC(NC(=O)c2cc(O)ccc2Cl)CN1. The summed E-state index contributed by atoms with van der Waals surface area (Å²) in [5, 5.41) is 16.0. The molecule has 2 unspecified atom stereocenters. The van der Waals surface area contributed by atoms with Gasteiger partial charge in [0.05, 0.1) is 10.6 Å². The summed E-state index contributed by atoms with van der Waals surface area (Å²) in [7, 11) is 0. The van der Waals surface area contributed by atoms with Gasteiger partial charge in [-0.1, -0.05) is 11.6 Å². The number of aromatic hydroxyl groups is 1. The zero-order chi connectivity index (χ0) is 13.1. The lowest BCUT2D eigenvalue weighted by Crippen LogP contribution is -2.48. The highest BCUT2D eigenvalue weighted by atomic mass is 35.5. The number of benzene rings is 1. The Bertz CT molecular complexity index is 443. The summed E-state index contributed by atoms with van der Waals surface area (Å²) < 4.78 is 0. The van der Waals surface area contributed by atoms with Crippen LogP contribution in [0.3, 0.4) is 0 Å². The van der Waals surface area contributed by atoms with Crippen LogP contribution >= 0.6 is 11.6 Å². The summed E-state index contributed by atoms with van der Waals surface area (Å²) in [6.45, 7) is 2.90. The van der Waals surface area contributed by atoms with E-state index in [1.165, 1.54) is 18.2 Å². The van der Waals surface area contributed by atoms with Crippen LogP contribution in [0.5, 0.6) is 5.75 Å². The van der Waals surface area contributed by atoms with Crippen molar-refractivity contribution >= 4 is 17.5 Å². The number of amides is 1. The summed E-state index contributed by atoms with van der Waals surface area (Å²) in [5.74, 6) is -0.197. The quantitative estimate of drug-likeness (QED) is 0.768. The third kappa shape index (κ3) is 3.15. The first-order valence-electron chi connectivity index (χ1n) is 6.09. The first-order chi connectivity index (χ1) is 8.56. The first kappa shape index (κ1) is 13.2. The van der Waals surface area contributed by atoms with Crippen LogP contribution in [0.1, 0.15) is 30.1 Å². The van der Waals surface area contributed by atoms with Gasteiger partial charge < -0.3 is 15.7 Å². The Morgan fingerprint density at radius 2 is 2.28 bits per heavy atom. The number of rotatable bonds is 2. The number of phenolic OH excluding ortho intramolecular Hbond substituents is 1. The van der Waals surface area contributed by atoms with E-state index >= 15 is 0 Å². The molecule has 0 bridgehead atoms. The van der Waals surface area contributed by atoms with Crippen molar-refractivity contribution in [1.29, 1.82) is 0 Å². The minimum atomic E-state index is -0.239. The average molecular weight is 269 g/mol. The summed E-state index contributed by atoms with van der Waals surface area (Å²) >= 11 is 5.94. The molecular formula is C13H17ClN2O2. The number of halogens is 1. The molecule has 4 nitrogen and oxygen atoms in total. The molecule has 1 aromatic carbocycles. The van der Waals surface area contributed by atoms with Gasteiger partial charge in [-0.3, -0.25) is 4.79 Å². The lowest BCUT2D eigenvalue weighted by atomic mass is 10.0. The molecule has 3 N–H and O–H groups in total. The summed E-state index contributed by atoms with van der Waals surface area (Å²) in [4.78, 5) is 12.0. The molecule has 0 radical (unpaired) electrons. The number of carbonyl (C=O) groups is 1. The van der Waals surface area contributed by atoms with Crippen LogP contribution in [0, 0.1) is 0 Å². The van der Waals surface area contributed by atoms with E-state index < -0.39 is 0 Å². The van der Waals surface area contributed by atoms with Gasteiger partial charge in [0.15, 0.2) is 0 Å². The van der Waals surface area contributed by atoms with E-state index in [9.17, 15) is 9.90 Å². The third-order valence-electron chi connectivity index (χ3n) is 3.19. The Hall–Kier alpha value is -1.26. The highest BCUT2D eigenvalue weighted by Crippen LogP contribution is 2.21. The van der Waals surface area contributed by atoms with Gasteiger partial charge in [0.2, 0.25) is 0 Å². The van der Waals surface area contributed by atoms with Crippen LogP contribution in [-0.4, -0.2) is 29.6 Å². The maximum atomic E-state index is 12.0. The molecule has 0 spiro atoms. The molecule has 1 aliphatic rings. The van der Waals surface area contributed by atoms with Gasteiger partial charge in [-0.25, -0.2) is 0 Å². The van der Waals surface area contributed by atoms with Gasteiger partial charge in [-0.05, 0) is 38.0 Å². The predicted octanol–water partition coefficient (Wildman–Crippen LogP) is 1.92. The number of hydrogen-bond acceptors (Lipinski definition) is 3. The van der Waals surface area contributed by atoms with Crippen molar-refractivity contribution in [2.24, 2.45) is 0 Å². The van der Waals surface area contributed by atoms with E-state index in [4.69, 9.17) is 11.6 Å². The Morgan fingerprint density at radius 3 is 2.94 bits per heavy atom. The van der Waals surface area contributed by atoms with Gasteiger partial charge in [-0.15, -0.1) is 0 Å². The lowest BCUT2D eigenvalue weighted by molar-refractivity contribution is 0.0927. The predicted molar refractivity (Wildman–Crippen MR) is 71.1 cm³/mol. The minimum Gasteiger partial charge on any atom is -0.508 e. The average Bonchev–Trinajstić information content (AvgIpc) is 2.35. The molecule has 1 aromatic rings. The molecular weight excluding hydrogens is 252 g/mol. The number of piperidine rings is 1. The van der Waals surface area contributed by atoms with Gasteiger partial charge in [-0.2, -0.15) is 0 Å². The van der Waals surface area contributed by atoms with Crippen molar-refractivity contribution in [2.45, 2.75) is 31.8 Å². The minimum absolute atomic E-state index is 0.0416. The lowest BCUT2D eigenvalue weighted by Gasteiger charge is -2.28. The number of phenols is 1. The second-order valence-electron chi connectivity index (χ2n) is 4.72. The molecule has 98 valence electrons. The Morgan fingerprint density at radius 1 is 1.50 bits per heavy atom. The van der Waals surface area contributed by atoms with E-state index in [1.807, 2.05) is 0 Å². The van der Waals surface area contributed by atoms with Crippen molar-refractivity contribution in [1.82, 2.24) is 10.6 Å². The van der Waals surface area contributed by atoms with Crippen LogP contribution in [-0.2, 0) is 0 Å². The number of nitrogens with one attached hydrogen (secondary N) is 2. The van der Waals surface area contributed by atoms with Gasteiger partial charge in [0, 0.05) is 18.6 Å². The third-order valence-corrected chi connectivity index (χ3v) is 3.52. The molecule has 1 fully saturated rings. The van der Waals surface area contributed by atoms with Crippen molar-refractivity contribution in [3.8, 4) is 5.75 Å². The Balaban J connectivity index is 2.01. The molecule has 1 amide bonds. The molecule has 0 aliphatic carbocycles. The fourth-order valence-corrected chi connectivity index (χ4v) is 2.28. The summed E-state index contributed by atoms with van der Waals surface area (Å²) in [5.41, 5.74) is 0.315. The van der Waals surface area contributed by atoms with Crippen LogP contribution in [0.15, 0.2) is 18.2 Å². The highest BCUT2D eigenvalue weighted by molar-refractivity contribution is 6.33. The fraction of sp³-hybridized carbons (Fsp3) is 0.462. The van der Waals surface area contributed by atoms with Crippen molar-refractivity contribution in [2.75, 3.05) is 6.54 Å². The van der Waals surface area contributed by atoms with Crippen LogP contribution in [0.4, 0.5) is 0 Å². The van der Waals surface area contributed by atoms with E-state index in [0.717, 1.165) is 19.4 Å².